The smallest absolute Gasteiger partial charge is 0.410 e. The van der Waals surface area contributed by atoms with Gasteiger partial charge in [0.2, 0.25) is 0 Å². The Bertz CT molecular complexity index is 335. The Morgan fingerprint density at radius 3 is 2.53 bits per heavy atom. The van der Waals surface area contributed by atoms with Gasteiger partial charge in [-0.2, -0.15) is 0 Å². The molecule has 1 aliphatic heterocycles. The topological polar surface area (TPSA) is 55.8 Å². The van der Waals surface area contributed by atoms with Crippen LogP contribution >= 0.6 is 0 Å². The van der Waals surface area contributed by atoms with Gasteiger partial charge in [0.25, 0.3) is 0 Å². The average Bonchev–Trinajstić information content (AvgIpc) is 2.74. The molecule has 1 rings (SSSR count). The molecule has 0 N–H and O–H groups in total. The molecule has 1 fully saturated rings. The molecule has 0 saturated carbocycles. The van der Waals surface area contributed by atoms with Crippen molar-refractivity contribution < 1.29 is 19.1 Å². The molecule has 1 aliphatic rings. The van der Waals surface area contributed by atoms with Crippen LogP contribution in [0.15, 0.2) is 0 Å². The van der Waals surface area contributed by atoms with Crippen LogP contribution in [0.5, 0.6) is 0 Å². The summed E-state index contributed by atoms with van der Waals surface area (Å²) in [5.41, 5.74) is -0.516. The number of hydrogen-bond acceptors (Lipinski definition) is 4. The highest BCUT2D eigenvalue weighted by molar-refractivity contribution is 5.75. The number of rotatable bonds is 3. The molecule has 0 spiro atoms. The summed E-state index contributed by atoms with van der Waals surface area (Å²) in [6.45, 7) is 10.1. The third kappa shape index (κ3) is 4.40. The molecule has 1 amide bonds. The van der Waals surface area contributed by atoms with Crippen molar-refractivity contribution in [2.24, 2.45) is 5.92 Å². The van der Waals surface area contributed by atoms with Gasteiger partial charge in [-0.05, 0) is 47.5 Å². The van der Waals surface area contributed by atoms with Crippen molar-refractivity contribution in [3.8, 4) is 0 Å². The Morgan fingerprint density at radius 1 is 1.37 bits per heavy atom. The Balaban J connectivity index is 2.68. The highest BCUT2D eigenvalue weighted by Crippen LogP contribution is 2.26. The van der Waals surface area contributed by atoms with E-state index >= 15 is 0 Å². The maximum absolute atomic E-state index is 12.1. The molecule has 1 heterocycles. The molecule has 110 valence electrons. The summed E-state index contributed by atoms with van der Waals surface area (Å²) in [6.07, 6.45) is 1.37. The summed E-state index contributed by atoms with van der Waals surface area (Å²) in [7, 11) is 0. The molecule has 19 heavy (non-hydrogen) atoms. The number of carbonyl (C=O) groups is 2. The second kappa shape index (κ2) is 6.26. The highest BCUT2D eigenvalue weighted by atomic mass is 16.6. The van der Waals surface area contributed by atoms with Gasteiger partial charge in [-0.15, -0.1) is 0 Å². The lowest BCUT2D eigenvalue weighted by molar-refractivity contribution is -0.149. The zero-order valence-corrected chi connectivity index (χ0v) is 12.6. The van der Waals surface area contributed by atoms with Gasteiger partial charge in [0.15, 0.2) is 0 Å². The SMILES string of the molecule is CCOC(=O)[C@H](C)[C@@H]1CCCN1C(=O)OC(C)(C)C. The number of amides is 1. The summed E-state index contributed by atoms with van der Waals surface area (Å²) in [4.78, 5) is 25.5. The maximum Gasteiger partial charge on any atom is 0.410 e. The van der Waals surface area contributed by atoms with Crippen LogP contribution in [0.3, 0.4) is 0 Å². The summed E-state index contributed by atoms with van der Waals surface area (Å²) in [5, 5.41) is 0. The number of likely N-dealkylation sites (tertiary alicyclic amines) is 1. The number of hydrogen-bond donors (Lipinski definition) is 0. The van der Waals surface area contributed by atoms with E-state index in [0.717, 1.165) is 12.8 Å². The van der Waals surface area contributed by atoms with E-state index in [0.29, 0.717) is 13.2 Å². The minimum Gasteiger partial charge on any atom is -0.466 e. The van der Waals surface area contributed by atoms with Crippen molar-refractivity contribution >= 4 is 12.1 Å². The monoisotopic (exact) mass is 271 g/mol. The first kappa shape index (κ1) is 15.8. The first-order valence-electron chi connectivity index (χ1n) is 6.92. The van der Waals surface area contributed by atoms with Gasteiger partial charge in [-0.3, -0.25) is 4.79 Å². The number of ether oxygens (including phenoxy) is 2. The van der Waals surface area contributed by atoms with Crippen molar-refractivity contribution in [2.75, 3.05) is 13.2 Å². The molecule has 0 radical (unpaired) electrons. The Kier molecular flexibility index (Phi) is 5.20. The van der Waals surface area contributed by atoms with Crippen LogP contribution < -0.4 is 0 Å². The van der Waals surface area contributed by atoms with Crippen LogP contribution in [0.25, 0.3) is 0 Å². The third-order valence-corrected chi connectivity index (χ3v) is 3.16. The van der Waals surface area contributed by atoms with E-state index in [4.69, 9.17) is 9.47 Å². The summed E-state index contributed by atoms with van der Waals surface area (Å²) in [6, 6.07) is -0.117. The molecular formula is C14H25NO4. The second-order valence-corrected chi connectivity index (χ2v) is 5.92. The van der Waals surface area contributed by atoms with Crippen LogP contribution in [-0.4, -0.2) is 41.8 Å². The molecule has 0 aliphatic carbocycles. The quantitative estimate of drug-likeness (QED) is 0.740. The first-order valence-corrected chi connectivity index (χ1v) is 6.92. The van der Waals surface area contributed by atoms with Crippen LogP contribution in [-0.2, 0) is 14.3 Å². The lowest BCUT2D eigenvalue weighted by Crippen LogP contribution is -2.44. The summed E-state index contributed by atoms with van der Waals surface area (Å²) in [5.74, 6) is -0.557. The third-order valence-electron chi connectivity index (χ3n) is 3.16. The van der Waals surface area contributed by atoms with E-state index in [1.165, 1.54) is 0 Å². The molecule has 5 nitrogen and oxygen atoms in total. The molecule has 0 aromatic carbocycles. The van der Waals surface area contributed by atoms with E-state index in [9.17, 15) is 9.59 Å². The molecule has 0 bridgehead atoms. The standard InChI is InChI=1S/C14H25NO4/c1-6-18-12(16)10(2)11-8-7-9-15(11)13(17)19-14(3,4)5/h10-11H,6-9H2,1-5H3/t10-,11+/m1/s1. The Morgan fingerprint density at radius 2 is 2.00 bits per heavy atom. The van der Waals surface area contributed by atoms with E-state index < -0.39 is 5.60 Å². The van der Waals surface area contributed by atoms with Crippen molar-refractivity contribution in [1.29, 1.82) is 0 Å². The minimum atomic E-state index is -0.516. The number of nitrogens with zero attached hydrogens (tertiary/aromatic N) is 1. The first-order chi connectivity index (χ1) is 8.76. The van der Waals surface area contributed by atoms with Gasteiger partial charge in [0.1, 0.15) is 5.60 Å². The average molecular weight is 271 g/mol. The number of esters is 1. The molecule has 0 unspecified atom stereocenters. The second-order valence-electron chi connectivity index (χ2n) is 5.92. The fourth-order valence-electron chi connectivity index (χ4n) is 2.29. The molecule has 0 aromatic heterocycles. The zero-order valence-electron chi connectivity index (χ0n) is 12.6. The molecule has 5 heteroatoms. The maximum atomic E-state index is 12.1. The van der Waals surface area contributed by atoms with Crippen molar-refractivity contribution in [1.82, 2.24) is 4.90 Å². The lowest BCUT2D eigenvalue weighted by atomic mass is 10.00. The zero-order chi connectivity index (χ0) is 14.6. The van der Waals surface area contributed by atoms with Gasteiger partial charge in [0.05, 0.1) is 12.5 Å². The fraction of sp³-hybridized carbons (Fsp3) is 0.857. The summed E-state index contributed by atoms with van der Waals surface area (Å²) >= 11 is 0. The Hall–Kier alpha value is -1.26. The summed E-state index contributed by atoms with van der Waals surface area (Å²) < 4.78 is 10.4. The molecule has 2 atom stereocenters. The lowest BCUT2D eigenvalue weighted by Gasteiger charge is -2.30. The van der Waals surface area contributed by atoms with E-state index in [1.54, 1.807) is 11.8 Å². The van der Waals surface area contributed by atoms with Gasteiger partial charge >= 0.3 is 12.1 Å². The fourth-order valence-corrected chi connectivity index (χ4v) is 2.29. The van der Waals surface area contributed by atoms with E-state index in [1.807, 2.05) is 27.7 Å². The van der Waals surface area contributed by atoms with Crippen LogP contribution in [0.2, 0.25) is 0 Å². The normalized spacial score (nSPS) is 21.1. The predicted octanol–water partition coefficient (Wildman–Crippen LogP) is 2.59. The van der Waals surface area contributed by atoms with Gasteiger partial charge in [0, 0.05) is 12.6 Å². The van der Waals surface area contributed by atoms with Gasteiger partial charge in [-0.25, -0.2) is 4.79 Å². The van der Waals surface area contributed by atoms with Crippen LogP contribution in [0.4, 0.5) is 4.79 Å². The van der Waals surface area contributed by atoms with Crippen molar-refractivity contribution in [3.05, 3.63) is 0 Å². The largest absolute Gasteiger partial charge is 0.466 e. The molecule has 1 saturated heterocycles. The van der Waals surface area contributed by atoms with Crippen LogP contribution in [0, 0.1) is 5.92 Å². The van der Waals surface area contributed by atoms with Crippen molar-refractivity contribution in [2.45, 2.75) is 59.1 Å². The molecular weight excluding hydrogens is 246 g/mol. The van der Waals surface area contributed by atoms with Crippen LogP contribution in [0.1, 0.15) is 47.5 Å². The highest BCUT2D eigenvalue weighted by Gasteiger charge is 2.38. The predicted molar refractivity (Wildman–Crippen MR) is 71.8 cm³/mol. The van der Waals surface area contributed by atoms with Crippen molar-refractivity contribution in [3.63, 3.8) is 0 Å². The Labute approximate surface area is 115 Å². The molecule has 0 aromatic rings. The van der Waals surface area contributed by atoms with Gasteiger partial charge < -0.3 is 14.4 Å². The van der Waals surface area contributed by atoms with E-state index in [2.05, 4.69) is 0 Å². The number of carbonyl (C=O) groups excluding carboxylic acids is 2. The van der Waals surface area contributed by atoms with Gasteiger partial charge in [-0.1, -0.05) is 0 Å². The van der Waals surface area contributed by atoms with E-state index in [-0.39, 0.29) is 24.0 Å². The minimum absolute atomic E-state index is 0.117.